The zero-order valence-electron chi connectivity index (χ0n) is 9.62. The average Bonchev–Trinajstić information content (AvgIpc) is 2.63. The standard InChI is InChI=1S/C12H20OS2/c1-3-4-5-6-7-10-14-15-12-8-9-13-11(12)2/h8-9H,3-7,10H2,1-2H3. The molecule has 0 fully saturated rings. The van der Waals surface area contributed by atoms with Crippen LogP contribution < -0.4 is 0 Å². The number of hydrogen-bond donors (Lipinski definition) is 0. The van der Waals surface area contributed by atoms with Crippen molar-refractivity contribution in [3.63, 3.8) is 0 Å². The Morgan fingerprint density at radius 2 is 2.00 bits per heavy atom. The molecule has 0 saturated heterocycles. The fourth-order valence-corrected chi connectivity index (χ4v) is 3.64. The van der Waals surface area contributed by atoms with Gasteiger partial charge in [0.05, 0.1) is 11.2 Å². The number of rotatable bonds is 8. The van der Waals surface area contributed by atoms with Crippen molar-refractivity contribution in [3.05, 3.63) is 18.1 Å². The third kappa shape index (κ3) is 5.57. The number of furan rings is 1. The molecule has 0 aromatic carbocycles. The molecule has 0 N–H and O–H groups in total. The van der Waals surface area contributed by atoms with Crippen LogP contribution >= 0.6 is 21.6 Å². The summed E-state index contributed by atoms with van der Waals surface area (Å²) in [5, 5.41) is 0. The van der Waals surface area contributed by atoms with Gasteiger partial charge in [-0.05, 0) is 19.4 Å². The van der Waals surface area contributed by atoms with Gasteiger partial charge in [-0.15, -0.1) is 0 Å². The highest BCUT2D eigenvalue weighted by atomic mass is 33.1. The van der Waals surface area contributed by atoms with Crippen LogP contribution in [0.3, 0.4) is 0 Å². The number of aryl methyl sites for hydroxylation is 1. The van der Waals surface area contributed by atoms with Crippen molar-refractivity contribution >= 4 is 21.6 Å². The zero-order chi connectivity index (χ0) is 10.9. The minimum Gasteiger partial charge on any atom is -0.468 e. The summed E-state index contributed by atoms with van der Waals surface area (Å²) in [6.07, 6.45) is 8.60. The molecule has 0 radical (unpaired) electrons. The van der Waals surface area contributed by atoms with Gasteiger partial charge in [-0.25, -0.2) is 0 Å². The Kier molecular flexibility index (Phi) is 7.11. The molecule has 3 heteroatoms. The van der Waals surface area contributed by atoms with Crippen LogP contribution in [0.25, 0.3) is 0 Å². The predicted octanol–water partition coefficient (Wildman–Crippen LogP) is 5.30. The molecule has 1 aromatic heterocycles. The normalized spacial score (nSPS) is 10.8. The van der Waals surface area contributed by atoms with Crippen molar-refractivity contribution in [3.8, 4) is 0 Å². The van der Waals surface area contributed by atoms with E-state index >= 15 is 0 Å². The maximum Gasteiger partial charge on any atom is 0.115 e. The zero-order valence-corrected chi connectivity index (χ0v) is 11.3. The van der Waals surface area contributed by atoms with Gasteiger partial charge in [-0.1, -0.05) is 54.2 Å². The monoisotopic (exact) mass is 244 g/mol. The van der Waals surface area contributed by atoms with Gasteiger partial charge in [-0.3, -0.25) is 0 Å². The van der Waals surface area contributed by atoms with Crippen molar-refractivity contribution < 1.29 is 4.42 Å². The summed E-state index contributed by atoms with van der Waals surface area (Å²) in [6.45, 7) is 4.27. The number of hydrogen-bond acceptors (Lipinski definition) is 3. The summed E-state index contributed by atoms with van der Waals surface area (Å²) in [6, 6.07) is 2.05. The second kappa shape index (κ2) is 8.17. The van der Waals surface area contributed by atoms with E-state index in [0.29, 0.717) is 0 Å². The Hall–Kier alpha value is -0.0200. The van der Waals surface area contributed by atoms with Crippen LogP contribution in [0.2, 0.25) is 0 Å². The highest BCUT2D eigenvalue weighted by Gasteiger charge is 2.01. The summed E-state index contributed by atoms with van der Waals surface area (Å²) in [5.74, 6) is 2.29. The molecule has 0 atom stereocenters. The summed E-state index contributed by atoms with van der Waals surface area (Å²) < 4.78 is 5.24. The summed E-state index contributed by atoms with van der Waals surface area (Å²) in [4.78, 5) is 1.27. The average molecular weight is 244 g/mol. The van der Waals surface area contributed by atoms with E-state index in [1.54, 1.807) is 6.26 Å². The maximum absolute atomic E-state index is 5.24. The lowest BCUT2D eigenvalue weighted by molar-refractivity contribution is 0.527. The SMILES string of the molecule is CCCCCCCSSc1ccoc1C. The predicted molar refractivity (Wildman–Crippen MR) is 70.5 cm³/mol. The van der Waals surface area contributed by atoms with E-state index in [9.17, 15) is 0 Å². The first-order valence-electron chi connectivity index (χ1n) is 5.68. The van der Waals surface area contributed by atoms with E-state index in [2.05, 4.69) is 6.92 Å². The van der Waals surface area contributed by atoms with Gasteiger partial charge in [-0.2, -0.15) is 0 Å². The van der Waals surface area contributed by atoms with Gasteiger partial charge < -0.3 is 4.42 Å². The lowest BCUT2D eigenvalue weighted by atomic mass is 10.2. The fraction of sp³-hybridized carbons (Fsp3) is 0.667. The fourth-order valence-electron chi connectivity index (χ4n) is 1.33. The molecule has 1 aromatic rings. The van der Waals surface area contributed by atoms with Crippen molar-refractivity contribution in [2.45, 2.75) is 50.8 Å². The van der Waals surface area contributed by atoms with Gasteiger partial charge >= 0.3 is 0 Å². The van der Waals surface area contributed by atoms with Crippen molar-refractivity contribution in [1.29, 1.82) is 0 Å². The van der Waals surface area contributed by atoms with E-state index < -0.39 is 0 Å². The van der Waals surface area contributed by atoms with Crippen LogP contribution in [0.4, 0.5) is 0 Å². The van der Waals surface area contributed by atoms with Gasteiger partial charge in [0.2, 0.25) is 0 Å². The largest absolute Gasteiger partial charge is 0.468 e. The second-order valence-corrected chi connectivity index (χ2v) is 6.12. The first kappa shape index (κ1) is 13.0. The molecule has 1 heterocycles. The van der Waals surface area contributed by atoms with Crippen LogP contribution in [0.15, 0.2) is 21.6 Å². The molecule has 15 heavy (non-hydrogen) atoms. The number of unbranched alkanes of at least 4 members (excludes halogenated alkanes) is 4. The van der Waals surface area contributed by atoms with Crippen LogP contribution in [0.1, 0.15) is 44.8 Å². The second-order valence-electron chi connectivity index (χ2n) is 3.66. The van der Waals surface area contributed by atoms with Crippen LogP contribution in [-0.2, 0) is 0 Å². The van der Waals surface area contributed by atoms with Gasteiger partial charge in [0.1, 0.15) is 5.76 Å². The summed E-state index contributed by atoms with van der Waals surface area (Å²) >= 11 is 0. The van der Waals surface area contributed by atoms with E-state index in [-0.39, 0.29) is 0 Å². The van der Waals surface area contributed by atoms with E-state index in [1.165, 1.54) is 42.8 Å². The summed E-state index contributed by atoms with van der Waals surface area (Å²) in [7, 11) is 3.78. The minimum absolute atomic E-state index is 1.04. The first-order valence-corrected chi connectivity index (χ1v) is 8.00. The molecule has 1 rings (SSSR count). The quantitative estimate of drug-likeness (QED) is 0.455. The van der Waals surface area contributed by atoms with Gasteiger partial charge in [0, 0.05) is 5.75 Å². The topological polar surface area (TPSA) is 13.1 Å². The molecule has 1 nitrogen and oxygen atoms in total. The smallest absolute Gasteiger partial charge is 0.115 e. The highest BCUT2D eigenvalue weighted by molar-refractivity contribution is 8.76. The van der Waals surface area contributed by atoms with Crippen molar-refractivity contribution in [1.82, 2.24) is 0 Å². The molecular formula is C12H20OS2. The third-order valence-corrected chi connectivity index (χ3v) is 4.86. The van der Waals surface area contributed by atoms with Gasteiger partial charge in [0.15, 0.2) is 0 Å². The Morgan fingerprint density at radius 3 is 2.67 bits per heavy atom. The lowest BCUT2D eigenvalue weighted by Crippen LogP contribution is -1.79. The van der Waals surface area contributed by atoms with E-state index in [1.807, 2.05) is 34.6 Å². The Labute approximate surface area is 101 Å². The van der Waals surface area contributed by atoms with E-state index in [0.717, 1.165) is 5.76 Å². The molecule has 86 valence electrons. The maximum atomic E-state index is 5.24. The van der Waals surface area contributed by atoms with Crippen molar-refractivity contribution in [2.75, 3.05) is 5.75 Å². The minimum atomic E-state index is 1.04. The lowest BCUT2D eigenvalue weighted by Gasteiger charge is -2.00. The Balaban J connectivity index is 1.96. The molecule has 0 aliphatic rings. The molecule has 0 amide bonds. The van der Waals surface area contributed by atoms with Crippen molar-refractivity contribution in [2.24, 2.45) is 0 Å². The summed E-state index contributed by atoms with van der Waals surface area (Å²) in [5.41, 5.74) is 0. The van der Waals surface area contributed by atoms with Crippen LogP contribution in [0.5, 0.6) is 0 Å². The Morgan fingerprint density at radius 1 is 1.20 bits per heavy atom. The highest BCUT2D eigenvalue weighted by Crippen LogP contribution is 2.34. The molecule has 0 unspecified atom stereocenters. The van der Waals surface area contributed by atoms with E-state index in [4.69, 9.17) is 4.42 Å². The van der Waals surface area contributed by atoms with Crippen LogP contribution in [-0.4, -0.2) is 5.75 Å². The molecule has 0 saturated carbocycles. The Bertz CT molecular complexity index is 258. The molecule has 0 aliphatic carbocycles. The molecule has 0 aliphatic heterocycles. The van der Waals surface area contributed by atoms with Gasteiger partial charge in [0.25, 0.3) is 0 Å². The molecule has 0 bridgehead atoms. The first-order chi connectivity index (χ1) is 7.34. The molecule has 0 spiro atoms. The molecular weight excluding hydrogens is 224 g/mol. The van der Waals surface area contributed by atoms with Crippen LogP contribution in [0, 0.1) is 6.92 Å². The third-order valence-electron chi connectivity index (χ3n) is 2.29.